The molecule has 5 nitrogen and oxygen atoms in total. The number of aromatic nitrogens is 1. The predicted molar refractivity (Wildman–Crippen MR) is 68.0 cm³/mol. The van der Waals surface area contributed by atoms with Gasteiger partial charge in [0.25, 0.3) is 0 Å². The highest BCUT2D eigenvalue weighted by Crippen LogP contribution is 2.17. The van der Waals surface area contributed by atoms with Crippen LogP contribution in [0.1, 0.15) is 27.2 Å². The molecule has 0 atom stereocenters. The van der Waals surface area contributed by atoms with Crippen molar-refractivity contribution in [3.63, 3.8) is 0 Å². The predicted octanol–water partition coefficient (Wildman–Crippen LogP) is 2.74. The van der Waals surface area contributed by atoms with Gasteiger partial charge >= 0.3 is 6.09 Å². The minimum atomic E-state index is -0.565. The molecule has 1 rings (SSSR count). The second-order valence-corrected chi connectivity index (χ2v) is 4.75. The minimum absolute atomic E-state index is 0.244. The lowest BCUT2D eigenvalue weighted by Crippen LogP contribution is -2.37. The van der Waals surface area contributed by atoms with Crippen molar-refractivity contribution in [2.75, 3.05) is 11.4 Å². The fourth-order valence-electron chi connectivity index (χ4n) is 1.32. The molecule has 96 valence electrons. The van der Waals surface area contributed by atoms with E-state index in [-0.39, 0.29) is 13.0 Å². The Bertz CT molecular complexity index is 432. The lowest BCUT2D eigenvalue weighted by molar-refractivity contribution is 0.0581. The summed E-state index contributed by atoms with van der Waals surface area (Å²) in [5, 5.41) is 8.63. The molecule has 1 amide bonds. The SMILES string of the molecule is CC(C)(C)OC(=O)N(CCC#N)c1cccnc1. The van der Waals surface area contributed by atoms with Crippen LogP contribution in [0.15, 0.2) is 24.5 Å². The van der Waals surface area contributed by atoms with Crippen molar-refractivity contribution in [2.24, 2.45) is 0 Å². The van der Waals surface area contributed by atoms with Gasteiger partial charge < -0.3 is 4.74 Å². The monoisotopic (exact) mass is 247 g/mol. The number of hydrogen-bond acceptors (Lipinski definition) is 4. The highest BCUT2D eigenvalue weighted by molar-refractivity contribution is 5.87. The summed E-state index contributed by atoms with van der Waals surface area (Å²) in [6.07, 6.45) is 2.97. The third kappa shape index (κ3) is 4.42. The van der Waals surface area contributed by atoms with Gasteiger partial charge in [-0.2, -0.15) is 5.26 Å². The fourth-order valence-corrected chi connectivity index (χ4v) is 1.32. The Kier molecular flexibility index (Phi) is 4.67. The van der Waals surface area contributed by atoms with Crippen molar-refractivity contribution < 1.29 is 9.53 Å². The van der Waals surface area contributed by atoms with Gasteiger partial charge in [-0.1, -0.05) is 0 Å². The summed E-state index contributed by atoms with van der Waals surface area (Å²) in [6.45, 7) is 5.70. The van der Waals surface area contributed by atoms with Gasteiger partial charge in [0.1, 0.15) is 5.60 Å². The van der Waals surface area contributed by atoms with Crippen LogP contribution in [-0.4, -0.2) is 23.2 Å². The first-order valence-corrected chi connectivity index (χ1v) is 5.71. The molecule has 1 aromatic rings. The topological polar surface area (TPSA) is 66.2 Å². The van der Waals surface area contributed by atoms with E-state index in [9.17, 15) is 4.79 Å². The van der Waals surface area contributed by atoms with Crippen LogP contribution >= 0.6 is 0 Å². The van der Waals surface area contributed by atoms with Crippen LogP contribution in [0.4, 0.5) is 10.5 Å². The van der Waals surface area contributed by atoms with Crippen molar-refractivity contribution in [1.82, 2.24) is 4.98 Å². The smallest absolute Gasteiger partial charge is 0.414 e. The van der Waals surface area contributed by atoms with Gasteiger partial charge in [0.2, 0.25) is 0 Å². The molecule has 5 heteroatoms. The molecule has 1 aromatic heterocycles. The molecule has 0 saturated heterocycles. The molecule has 18 heavy (non-hydrogen) atoms. The van der Waals surface area contributed by atoms with Crippen molar-refractivity contribution in [3.8, 4) is 6.07 Å². The maximum absolute atomic E-state index is 12.0. The Morgan fingerprint density at radius 1 is 1.56 bits per heavy atom. The van der Waals surface area contributed by atoms with E-state index in [1.807, 2.05) is 6.07 Å². The van der Waals surface area contributed by atoms with E-state index < -0.39 is 11.7 Å². The van der Waals surface area contributed by atoms with Crippen LogP contribution in [0.3, 0.4) is 0 Å². The first kappa shape index (κ1) is 14.0. The molecule has 0 spiro atoms. The van der Waals surface area contributed by atoms with E-state index >= 15 is 0 Å². The van der Waals surface area contributed by atoms with Crippen molar-refractivity contribution in [1.29, 1.82) is 5.26 Å². The number of nitriles is 1. The molecule has 1 heterocycles. The Morgan fingerprint density at radius 2 is 2.28 bits per heavy atom. The number of ether oxygens (including phenoxy) is 1. The largest absolute Gasteiger partial charge is 0.443 e. The summed E-state index contributed by atoms with van der Waals surface area (Å²) in [5.74, 6) is 0. The summed E-state index contributed by atoms with van der Waals surface area (Å²) in [7, 11) is 0. The summed E-state index contributed by atoms with van der Waals surface area (Å²) in [6, 6.07) is 5.51. The zero-order valence-electron chi connectivity index (χ0n) is 10.9. The van der Waals surface area contributed by atoms with Gasteiger partial charge in [0, 0.05) is 12.7 Å². The number of anilines is 1. The van der Waals surface area contributed by atoms with Crippen molar-refractivity contribution in [2.45, 2.75) is 32.8 Å². The number of amides is 1. The Labute approximate surface area is 107 Å². The average Bonchev–Trinajstić information content (AvgIpc) is 2.28. The van der Waals surface area contributed by atoms with Crippen molar-refractivity contribution in [3.05, 3.63) is 24.5 Å². The van der Waals surface area contributed by atoms with Crippen LogP contribution in [-0.2, 0) is 4.74 Å². The molecule has 0 saturated carbocycles. The normalized spacial score (nSPS) is 10.6. The molecular formula is C13H17N3O2. The van der Waals surface area contributed by atoms with Gasteiger partial charge in [-0.25, -0.2) is 4.79 Å². The molecule has 0 aliphatic carbocycles. The van der Waals surface area contributed by atoms with E-state index in [2.05, 4.69) is 4.98 Å². The maximum Gasteiger partial charge on any atom is 0.414 e. The molecule has 0 bridgehead atoms. The lowest BCUT2D eigenvalue weighted by Gasteiger charge is -2.26. The number of rotatable bonds is 3. The third-order valence-corrected chi connectivity index (χ3v) is 2.02. The quantitative estimate of drug-likeness (QED) is 0.823. The fraction of sp³-hybridized carbons (Fsp3) is 0.462. The molecule has 0 unspecified atom stereocenters. The Balaban J connectivity index is 2.86. The number of carbonyl (C=O) groups is 1. The van der Waals surface area contributed by atoms with E-state index in [0.29, 0.717) is 5.69 Å². The molecule has 0 radical (unpaired) electrons. The summed E-state index contributed by atoms with van der Waals surface area (Å²) in [5.41, 5.74) is 0.0616. The average molecular weight is 247 g/mol. The second-order valence-electron chi connectivity index (χ2n) is 4.75. The highest BCUT2D eigenvalue weighted by Gasteiger charge is 2.23. The standard InChI is InChI=1S/C13H17N3O2/c1-13(2,3)18-12(17)16(9-5-7-14)11-6-4-8-15-10-11/h4,6,8,10H,5,9H2,1-3H3. The highest BCUT2D eigenvalue weighted by atomic mass is 16.6. The first-order valence-electron chi connectivity index (χ1n) is 5.71. The summed E-state index contributed by atoms with van der Waals surface area (Å²) in [4.78, 5) is 17.4. The zero-order chi connectivity index (χ0) is 13.6. The number of pyridine rings is 1. The van der Waals surface area contributed by atoms with Crippen LogP contribution in [0.25, 0.3) is 0 Å². The van der Waals surface area contributed by atoms with Gasteiger partial charge in [0.15, 0.2) is 0 Å². The molecular weight excluding hydrogens is 230 g/mol. The Hall–Kier alpha value is -2.09. The molecule has 0 aliphatic rings. The van der Waals surface area contributed by atoms with Crippen LogP contribution in [0.2, 0.25) is 0 Å². The zero-order valence-corrected chi connectivity index (χ0v) is 10.9. The van der Waals surface area contributed by atoms with E-state index in [1.54, 1.807) is 45.3 Å². The lowest BCUT2D eigenvalue weighted by atomic mass is 10.2. The molecule has 0 aliphatic heterocycles. The number of carbonyl (C=O) groups excluding carboxylic acids is 1. The van der Waals surface area contributed by atoms with E-state index in [0.717, 1.165) is 0 Å². The van der Waals surface area contributed by atoms with Gasteiger partial charge in [-0.15, -0.1) is 0 Å². The second kappa shape index (κ2) is 6.01. The summed E-state index contributed by atoms with van der Waals surface area (Å²) >= 11 is 0. The van der Waals surface area contributed by atoms with Gasteiger partial charge in [-0.05, 0) is 32.9 Å². The number of nitrogens with zero attached hydrogens (tertiary/aromatic N) is 3. The summed E-state index contributed by atoms with van der Waals surface area (Å²) < 4.78 is 5.30. The maximum atomic E-state index is 12.0. The van der Waals surface area contributed by atoms with E-state index in [4.69, 9.17) is 10.00 Å². The molecule has 0 fully saturated rings. The third-order valence-electron chi connectivity index (χ3n) is 2.02. The van der Waals surface area contributed by atoms with Crippen molar-refractivity contribution >= 4 is 11.8 Å². The molecule has 0 N–H and O–H groups in total. The van der Waals surface area contributed by atoms with Crippen LogP contribution in [0, 0.1) is 11.3 Å². The van der Waals surface area contributed by atoms with E-state index in [1.165, 1.54) is 4.90 Å². The van der Waals surface area contributed by atoms with Crippen LogP contribution < -0.4 is 4.90 Å². The minimum Gasteiger partial charge on any atom is -0.443 e. The van der Waals surface area contributed by atoms with Gasteiger partial charge in [0.05, 0.1) is 24.4 Å². The molecule has 0 aromatic carbocycles. The van der Waals surface area contributed by atoms with Gasteiger partial charge in [-0.3, -0.25) is 9.88 Å². The Morgan fingerprint density at radius 3 is 2.78 bits per heavy atom. The van der Waals surface area contributed by atoms with Crippen LogP contribution in [0.5, 0.6) is 0 Å². The first-order chi connectivity index (χ1) is 8.44. The number of hydrogen-bond donors (Lipinski definition) is 0.